The molecule has 1 heterocycles. The molecule has 6 heteroatoms. The van der Waals surface area contributed by atoms with Gasteiger partial charge in [-0.05, 0) is 19.9 Å². The molecule has 0 saturated carbocycles. The van der Waals surface area contributed by atoms with Crippen LogP contribution < -0.4 is 11.1 Å². The Morgan fingerprint density at radius 3 is 2.77 bits per heavy atom. The number of esters is 1. The number of benzene rings is 1. The summed E-state index contributed by atoms with van der Waals surface area (Å²) in [6, 6.07) is 7.95. The molecule has 0 spiro atoms. The summed E-state index contributed by atoms with van der Waals surface area (Å²) in [7, 11) is 0. The van der Waals surface area contributed by atoms with Crippen LogP contribution in [0.1, 0.15) is 25.3 Å². The van der Waals surface area contributed by atoms with Crippen molar-refractivity contribution in [2.75, 3.05) is 6.61 Å². The number of halogens is 1. The van der Waals surface area contributed by atoms with Crippen LogP contribution in [0.15, 0.2) is 46.9 Å². The zero-order chi connectivity index (χ0) is 16.3. The van der Waals surface area contributed by atoms with Crippen molar-refractivity contribution in [1.82, 2.24) is 5.32 Å². The normalized spacial score (nSPS) is 17.8. The molecule has 0 aromatic heterocycles. The maximum Gasteiger partial charge on any atom is 0.336 e. The molecule has 5 nitrogen and oxygen atoms in total. The van der Waals surface area contributed by atoms with Gasteiger partial charge in [-0.25, -0.2) is 9.18 Å². The van der Waals surface area contributed by atoms with Gasteiger partial charge in [0.1, 0.15) is 11.6 Å². The monoisotopic (exact) mass is 301 g/mol. The van der Waals surface area contributed by atoms with Crippen LogP contribution in [0, 0.1) is 17.1 Å². The lowest BCUT2D eigenvalue weighted by Crippen LogP contribution is -2.33. The summed E-state index contributed by atoms with van der Waals surface area (Å²) < 4.78 is 19.2. The number of hydrogen-bond donors (Lipinski definition) is 2. The van der Waals surface area contributed by atoms with Crippen molar-refractivity contribution < 1.29 is 13.9 Å². The molecule has 0 bridgehead atoms. The Kier molecular flexibility index (Phi) is 4.47. The fourth-order valence-corrected chi connectivity index (χ4v) is 2.48. The summed E-state index contributed by atoms with van der Waals surface area (Å²) in [6.07, 6.45) is 0. The topological polar surface area (TPSA) is 88.1 Å². The van der Waals surface area contributed by atoms with Crippen LogP contribution >= 0.6 is 0 Å². The van der Waals surface area contributed by atoms with Gasteiger partial charge in [0.05, 0.1) is 29.7 Å². The van der Waals surface area contributed by atoms with E-state index in [0.717, 1.165) is 0 Å². The molecule has 1 aliphatic heterocycles. The van der Waals surface area contributed by atoms with Gasteiger partial charge in [0, 0.05) is 11.3 Å². The minimum absolute atomic E-state index is 0.0961. The second-order valence-corrected chi connectivity index (χ2v) is 4.78. The van der Waals surface area contributed by atoms with E-state index < -0.39 is 17.7 Å². The zero-order valence-electron chi connectivity index (χ0n) is 12.3. The van der Waals surface area contributed by atoms with E-state index in [-0.39, 0.29) is 29.1 Å². The SMILES string of the molecule is CCOC(=O)C1=C(C)NC(N)=C(C#N)[C@@H]1c1ccccc1F. The minimum atomic E-state index is -0.883. The first-order valence-electron chi connectivity index (χ1n) is 6.80. The molecule has 0 amide bonds. The van der Waals surface area contributed by atoms with E-state index in [2.05, 4.69) is 5.32 Å². The molecule has 0 saturated heterocycles. The third-order valence-corrected chi connectivity index (χ3v) is 3.43. The molecular formula is C16H16FN3O2. The summed E-state index contributed by atoms with van der Waals surface area (Å²) in [5, 5.41) is 12.2. The molecule has 1 aromatic carbocycles. The van der Waals surface area contributed by atoms with Crippen molar-refractivity contribution in [3.05, 3.63) is 58.3 Å². The predicted octanol–water partition coefficient (Wildman–Crippen LogP) is 2.04. The first-order chi connectivity index (χ1) is 10.5. The highest BCUT2D eigenvalue weighted by Crippen LogP contribution is 2.38. The van der Waals surface area contributed by atoms with Gasteiger partial charge in [-0.1, -0.05) is 18.2 Å². The Labute approximate surface area is 127 Å². The molecule has 0 aliphatic carbocycles. The molecule has 1 aliphatic rings. The van der Waals surface area contributed by atoms with E-state index in [9.17, 15) is 14.4 Å². The largest absolute Gasteiger partial charge is 0.463 e. The molecule has 0 radical (unpaired) electrons. The van der Waals surface area contributed by atoms with Crippen molar-refractivity contribution in [2.24, 2.45) is 5.73 Å². The second-order valence-electron chi connectivity index (χ2n) is 4.78. The van der Waals surface area contributed by atoms with Gasteiger partial charge in [-0.2, -0.15) is 5.26 Å². The number of nitrogens with two attached hydrogens (primary N) is 1. The van der Waals surface area contributed by atoms with E-state index in [4.69, 9.17) is 10.5 Å². The van der Waals surface area contributed by atoms with Gasteiger partial charge >= 0.3 is 5.97 Å². The number of carbonyl (C=O) groups is 1. The number of carbonyl (C=O) groups excluding carboxylic acids is 1. The Morgan fingerprint density at radius 2 is 2.18 bits per heavy atom. The Bertz CT molecular complexity index is 716. The highest BCUT2D eigenvalue weighted by molar-refractivity contribution is 5.93. The molecule has 3 N–H and O–H groups in total. The average Bonchev–Trinajstić information content (AvgIpc) is 2.47. The predicted molar refractivity (Wildman–Crippen MR) is 78.4 cm³/mol. The number of nitriles is 1. The number of allylic oxidation sites excluding steroid dienone is 2. The van der Waals surface area contributed by atoms with Crippen molar-refractivity contribution in [3.63, 3.8) is 0 Å². The quantitative estimate of drug-likeness (QED) is 0.834. The Hall–Kier alpha value is -2.81. The summed E-state index contributed by atoms with van der Waals surface area (Å²) in [5.74, 6) is -1.88. The smallest absolute Gasteiger partial charge is 0.336 e. The lowest BCUT2D eigenvalue weighted by atomic mass is 9.81. The minimum Gasteiger partial charge on any atom is -0.463 e. The van der Waals surface area contributed by atoms with Crippen molar-refractivity contribution in [1.29, 1.82) is 5.26 Å². The van der Waals surface area contributed by atoms with Gasteiger partial charge in [0.25, 0.3) is 0 Å². The maximum absolute atomic E-state index is 14.2. The van der Waals surface area contributed by atoms with E-state index in [1.54, 1.807) is 26.0 Å². The second kappa shape index (κ2) is 6.31. The number of nitrogens with one attached hydrogen (secondary N) is 1. The summed E-state index contributed by atoms with van der Waals surface area (Å²) >= 11 is 0. The van der Waals surface area contributed by atoms with Crippen LogP contribution in [-0.2, 0) is 9.53 Å². The molecule has 0 fully saturated rings. The number of dihydropyridines is 1. The number of hydrogen-bond acceptors (Lipinski definition) is 5. The van der Waals surface area contributed by atoms with Crippen molar-refractivity contribution in [2.45, 2.75) is 19.8 Å². The van der Waals surface area contributed by atoms with Crippen LogP contribution in [0.25, 0.3) is 0 Å². The lowest BCUT2D eigenvalue weighted by molar-refractivity contribution is -0.138. The van der Waals surface area contributed by atoms with Gasteiger partial charge in [0.2, 0.25) is 0 Å². The Morgan fingerprint density at radius 1 is 1.50 bits per heavy atom. The summed E-state index contributed by atoms with van der Waals surface area (Å²) in [4.78, 5) is 12.3. The third kappa shape index (κ3) is 2.66. The van der Waals surface area contributed by atoms with Crippen LogP contribution in [0.3, 0.4) is 0 Å². The maximum atomic E-state index is 14.2. The highest BCUT2D eigenvalue weighted by atomic mass is 19.1. The molecule has 0 unspecified atom stereocenters. The fraction of sp³-hybridized carbons (Fsp3) is 0.250. The fourth-order valence-electron chi connectivity index (χ4n) is 2.48. The first kappa shape index (κ1) is 15.6. The van der Waals surface area contributed by atoms with Crippen LogP contribution in [0.5, 0.6) is 0 Å². The molecule has 1 aromatic rings. The van der Waals surface area contributed by atoms with Crippen LogP contribution in [-0.4, -0.2) is 12.6 Å². The molecule has 114 valence electrons. The Balaban J connectivity index is 2.65. The number of ether oxygens (including phenoxy) is 1. The zero-order valence-corrected chi connectivity index (χ0v) is 12.3. The van der Waals surface area contributed by atoms with Crippen molar-refractivity contribution in [3.8, 4) is 6.07 Å². The van der Waals surface area contributed by atoms with Crippen molar-refractivity contribution >= 4 is 5.97 Å². The molecule has 22 heavy (non-hydrogen) atoms. The summed E-state index contributed by atoms with van der Waals surface area (Å²) in [5.41, 5.74) is 6.78. The number of rotatable bonds is 3. The average molecular weight is 301 g/mol. The number of nitrogens with zero attached hydrogens (tertiary/aromatic N) is 1. The molecule has 2 rings (SSSR count). The van der Waals surface area contributed by atoms with Gasteiger partial charge in [0.15, 0.2) is 0 Å². The third-order valence-electron chi connectivity index (χ3n) is 3.43. The van der Waals surface area contributed by atoms with Crippen LogP contribution in [0.4, 0.5) is 4.39 Å². The first-order valence-corrected chi connectivity index (χ1v) is 6.80. The van der Waals surface area contributed by atoms with E-state index in [1.165, 1.54) is 12.1 Å². The van der Waals surface area contributed by atoms with Gasteiger partial charge in [-0.15, -0.1) is 0 Å². The standard InChI is InChI=1S/C16H16FN3O2/c1-3-22-16(21)13-9(2)20-15(19)11(8-18)14(13)10-6-4-5-7-12(10)17/h4-7,14,20H,3,19H2,1-2H3/t14-/m0/s1. The molecular weight excluding hydrogens is 285 g/mol. The van der Waals surface area contributed by atoms with E-state index in [1.807, 2.05) is 6.07 Å². The lowest BCUT2D eigenvalue weighted by Gasteiger charge is -2.28. The van der Waals surface area contributed by atoms with Gasteiger partial charge in [-0.3, -0.25) is 0 Å². The highest BCUT2D eigenvalue weighted by Gasteiger charge is 2.35. The summed E-state index contributed by atoms with van der Waals surface area (Å²) in [6.45, 7) is 3.50. The molecule has 1 atom stereocenters. The van der Waals surface area contributed by atoms with Crippen LogP contribution in [0.2, 0.25) is 0 Å². The van der Waals surface area contributed by atoms with Gasteiger partial charge < -0.3 is 15.8 Å². The van der Waals surface area contributed by atoms with E-state index in [0.29, 0.717) is 5.70 Å². The van der Waals surface area contributed by atoms with E-state index >= 15 is 0 Å².